The van der Waals surface area contributed by atoms with Crippen LogP contribution in [0.2, 0.25) is 0 Å². The van der Waals surface area contributed by atoms with Gasteiger partial charge in [-0.05, 0) is 30.7 Å². The van der Waals surface area contributed by atoms with Crippen LogP contribution in [0.1, 0.15) is 35.4 Å². The van der Waals surface area contributed by atoms with Crippen LogP contribution >= 0.6 is 0 Å². The average molecular weight is 535 g/mol. The fourth-order valence-corrected chi connectivity index (χ4v) is 3.51. The topological polar surface area (TPSA) is 127 Å². The van der Waals surface area contributed by atoms with E-state index >= 15 is 0 Å². The normalized spacial score (nSPS) is 13.6. The van der Waals surface area contributed by atoms with Gasteiger partial charge < -0.3 is 24.9 Å². The lowest BCUT2D eigenvalue weighted by Gasteiger charge is -2.24. The molecule has 0 saturated carbocycles. The Labute approximate surface area is 230 Å². The van der Waals surface area contributed by atoms with Gasteiger partial charge in [0.15, 0.2) is 0 Å². The van der Waals surface area contributed by atoms with Gasteiger partial charge in [0.25, 0.3) is 5.91 Å². The van der Waals surface area contributed by atoms with Crippen molar-refractivity contribution in [2.24, 2.45) is 5.73 Å². The van der Waals surface area contributed by atoms with E-state index in [-0.39, 0.29) is 5.82 Å². The molecule has 0 radical (unpaired) electrons. The van der Waals surface area contributed by atoms with Gasteiger partial charge >= 0.3 is 0 Å². The van der Waals surface area contributed by atoms with Crippen LogP contribution in [-0.2, 0) is 16.0 Å². The minimum Gasteiger partial charge on any atom is -0.491 e. The first-order valence-electron chi connectivity index (χ1n) is 12.7. The third kappa shape index (κ3) is 11.4. The van der Waals surface area contributed by atoms with Crippen LogP contribution in [0, 0.1) is 11.8 Å². The molecule has 208 valence electrons. The lowest BCUT2D eigenvalue weighted by molar-refractivity contribution is -0.108. The second kappa shape index (κ2) is 17.3. The van der Waals surface area contributed by atoms with Gasteiger partial charge in [-0.15, -0.1) is 5.10 Å². The quantitative estimate of drug-likeness (QED) is 0.195. The summed E-state index contributed by atoms with van der Waals surface area (Å²) in [4.78, 5) is 29.4. The van der Waals surface area contributed by atoms with Crippen molar-refractivity contribution in [1.82, 2.24) is 20.1 Å². The van der Waals surface area contributed by atoms with Gasteiger partial charge in [0.1, 0.15) is 17.9 Å². The number of ether oxygens (including phenoxy) is 2. The summed E-state index contributed by atoms with van der Waals surface area (Å²) in [6, 6.07) is 5.89. The maximum absolute atomic E-state index is 10.8. The number of H-pyrrole nitrogens is 1. The summed E-state index contributed by atoms with van der Waals surface area (Å²) in [6.07, 6.45) is 9.23. The molecule has 39 heavy (non-hydrogen) atoms. The summed E-state index contributed by atoms with van der Waals surface area (Å²) in [7, 11) is 3.93. The van der Waals surface area contributed by atoms with Crippen LogP contribution in [-0.4, -0.2) is 85.8 Å². The van der Waals surface area contributed by atoms with Gasteiger partial charge in [-0.25, -0.2) is 4.98 Å². The van der Waals surface area contributed by atoms with Crippen molar-refractivity contribution in [3.8, 4) is 17.6 Å². The van der Waals surface area contributed by atoms with Crippen molar-refractivity contribution in [2.75, 3.05) is 58.5 Å². The first-order valence-corrected chi connectivity index (χ1v) is 12.7. The Bertz CT molecular complexity index is 1200. The first-order chi connectivity index (χ1) is 18.9. The summed E-state index contributed by atoms with van der Waals surface area (Å²) < 4.78 is 11.0. The number of nitrogens with two attached hydrogens (primary N) is 1. The molecule has 2 aromatic rings. The first kappa shape index (κ1) is 31.0. The van der Waals surface area contributed by atoms with E-state index in [1.807, 2.05) is 62.3 Å². The van der Waals surface area contributed by atoms with Gasteiger partial charge in [-0.2, -0.15) is 0 Å². The molecule has 3 N–H and O–H groups in total. The summed E-state index contributed by atoms with van der Waals surface area (Å²) in [5.74, 6) is 7.18. The molecular formula is C29H38N6O4. The number of benzene rings is 1. The number of aromatic amines is 1. The Morgan fingerprint density at radius 1 is 1.33 bits per heavy atom. The smallest absolute Gasteiger partial charge is 0.288 e. The molecule has 0 bridgehead atoms. The van der Waals surface area contributed by atoms with E-state index in [4.69, 9.17) is 15.2 Å². The zero-order chi connectivity index (χ0) is 28.5. The second-order valence-corrected chi connectivity index (χ2v) is 8.70. The number of amides is 1. The van der Waals surface area contributed by atoms with E-state index in [0.717, 1.165) is 61.7 Å². The van der Waals surface area contributed by atoms with Crippen LogP contribution in [0.15, 0.2) is 54.7 Å². The van der Waals surface area contributed by atoms with Crippen molar-refractivity contribution >= 4 is 17.9 Å². The number of carbonyl (C=O) groups excluding carboxylic acids is 2. The maximum atomic E-state index is 10.8. The molecule has 10 nitrogen and oxygen atoms in total. The number of allylic oxidation sites excluding steroid dienone is 5. The molecule has 0 unspecified atom stereocenters. The van der Waals surface area contributed by atoms with Crippen LogP contribution in [0.5, 0.6) is 5.75 Å². The minimum absolute atomic E-state index is 0.00781. The zero-order valence-corrected chi connectivity index (χ0v) is 23.0. The Morgan fingerprint density at radius 3 is 2.72 bits per heavy atom. The highest BCUT2D eigenvalue weighted by Crippen LogP contribution is 2.28. The molecule has 1 aliphatic heterocycles. The Morgan fingerprint density at radius 2 is 2.10 bits per heavy atom. The lowest BCUT2D eigenvalue weighted by Crippen LogP contribution is -2.36. The summed E-state index contributed by atoms with van der Waals surface area (Å²) >= 11 is 0. The van der Waals surface area contributed by atoms with Gasteiger partial charge in [-0.3, -0.25) is 14.8 Å². The largest absolute Gasteiger partial charge is 0.491 e. The fourth-order valence-electron chi connectivity index (χ4n) is 3.51. The number of morpholine rings is 1. The lowest BCUT2D eigenvalue weighted by atomic mass is 10.1. The Hall–Kier alpha value is -4.20. The third-order valence-corrected chi connectivity index (χ3v) is 5.41. The Kier molecular flexibility index (Phi) is 13.8. The fraction of sp³-hybridized carbons (Fsp3) is 0.379. The number of hydrogen-bond donors (Lipinski definition) is 2. The number of carbonyl (C=O) groups is 2. The van der Waals surface area contributed by atoms with Gasteiger partial charge in [0, 0.05) is 45.6 Å². The van der Waals surface area contributed by atoms with E-state index in [9.17, 15) is 9.59 Å². The predicted molar refractivity (Wildman–Crippen MR) is 153 cm³/mol. The standard InChI is InChI=1S/C18H24N2O3.C11H14N4O/c1-19(2)17-15-16(6-7-18(17)23-12-4-11-21)5-3-8-20-9-13-22-14-10-20;1-3-5-8(6-4-2)7-9-13-11(10(12)16)15-14-9/h6-7,11,15H,4,8-10,12-14H2,1-2H3;3-6H,1,7H2,2H3,(H2,12,16)(H,13,14,15)/b;6-4-,8-5+. The Balaban J connectivity index is 0.000000293. The summed E-state index contributed by atoms with van der Waals surface area (Å²) in [5.41, 5.74) is 7.99. The van der Waals surface area contributed by atoms with E-state index in [1.165, 1.54) is 0 Å². The minimum atomic E-state index is -0.636. The molecular weight excluding hydrogens is 496 g/mol. The van der Waals surface area contributed by atoms with Crippen molar-refractivity contribution in [3.05, 3.63) is 71.9 Å². The molecule has 1 aliphatic rings. The zero-order valence-electron chi connectivity index (χ0n) is 23.0. The molecule has 2 heterocycles. The predicted octanol–water partition coefficient (Wildman–Crippen LogP) is 2.54. The van der Waals surface area contributed by atoms with Crippen molar-refractivity contribution in [3.63, 3.8) is 0 Å². The number of anilines is 1. The molecule has 1 saturated heterocycles. The van der Waals surface area contributed by atoms with Crippen LogP contribution in [0.25, 0.3) is 0 Å². The molecule has 10 heteroatoms. The van der Waals surface area contributed by atoms with E-state index < -0.39 is 5.91 Å². The number of rotatable bonds is 11. The summed E-state index contributed by atoms with van der Waals surface area (Å²) in [6.45, 7) is 10.2. The van der Waals surface area contributed by atoms with Crippen LogP contribution < -0.4 is 15.4 Å². The number of primary amides is 1. The molecule has 1 aromatic carbocycles. The molecule has 3 rings (SSSR count). The third-order valence-electron chi connectivity index (χ3n) is 5.41. The monoisotopic (exact) mass is 534 g/mol. The maximum Gasteiger partial charge on any atom is 0.288 e. The number of aromatic nitrogens is 3. The highest BCUT2D eigenvalue weighted by atomic mass is 16.5. The number of aldehydes is 1. The summed E-state index contributed by atoms with van der Waals surface area (Å²) in [5, 5.41) is 6.36. The molecule has 0 spiro atoms. The molecule has 0 aliphatic carbocycles. The van der Waals surface area contributed by atoms with Crippen LogP contribution in [0.4, 0.5) is 5.69 Å². The van der Waals surface area contributed by atoms with E-state index in [1.54, 1.807) is 6.08 Å². The molecule has 1 aromatic heterocycles. The molecule has 1 amide bonds. The molecule has 0 atom stereocenters. The van der Waals surface area contributed by atoms with E-state index in [0.29, 0.717) is 25.3 Å². The van der Waals surface area contributed by atoms with Gasteiger partial charge in [-0.1, -0.05) is 42.7 Å². The average Bonchev–Trinajstić information content (AvgIpc) is 3.40. The van der Waals surface area contributed by atoms with Crippen molar-refractivity contribution < 1.29 is 19.1 Å². The molecule has 1 fully saturated rings. The van der Waals surface area contributed by atoms with Gasteiger partial charge in [0.05, 0.1) is 32.1 Å². The highest BCUT2D eigenvalue weighted by molar-refractivity contribution is 5.88. The van der Waals surface area contributed by atoms with E-state index in [2.05, 4.69) is 38.5 Å². The second-order valence-electron chi connectivity index (χ2n) is 8.70. The number of nitrogens with zero attached hydrogens (tertiary/aromatic N) is 4. The van der Waals surface area contributed by atoms with Crippen molar-refractivity contribution in [2.45, 2.75) is 19.8 Å². The SMILES string of the molecule is C=C/C=C(\C=C/C)Cc1nc(C(N)=O)n[nH]1.CN(C)c1cc(C#CCN2CCOCC2)ccc1OCCC=O. The number of nitrogens with one attached hydrogen (secondary N) is 1. The van der Waals surface area contributed by atoms with Crippen LogP contribution in [0.3, 0.4) is 0 Å². The van der Waals surface area contributed by atoms with Crippen molar-refractivity contribution in [1.29, 1.82) is 0 Å². The highest BCUT2D eigenvalue weighted by Gasteiger charge is 2.10. The number of hydrogen-bond acceptors (Lipinski definition) is 8. The van der Waals surface area contributed by atoms with Gasteiger partial charge in [0.2, 0.25) is 5.82 Å².